The first kappa shape index (κ1) is 25.6. The van der Waals surface area contributed by atoms with E-state index < -0.39 is 23.8 Å². The number of benzene rings is 2. The third-order valence-corrected chi connectivity index (χ3v) is 8.17. The predicted octanol–water partition coefficient (Wildman–Crippen LogP) is 5.05. The van der Waals surface area contributed by atoms with Crippen LogP contribution in [0.2, 0.25) is 0 Å². The van der Waals surface area contributed by atoms with Crippen molar-refractivity contribution in [2.45, 2.75) is 62.8 Å². The number of carbonyl (C=O) groups is 1. The Bertz CT molecular complexity index is 1540. The number of rotatable bonds is 5. The molecule has 0 radical (unpaired) electrons. The Balaban J connectivity index is 1.23. The van der Waals surface area contributed by atoms with Crippen molar-refractivity contribution in [2.24, 2.45) is 0 Å². The number of aliphatic hydroxyl groups excluding tert-OH is 1. The molecule has 3 aliphatic rings. The molecule has 1 aliphatic heterocycles. The van der Waals surface area contributed by atoms with E-state index in [1.165, 1.54) is 28.5 Å². The van der Waals surface area contributed by atoms with Gasteiger partial charge in [0.25, 0.3) is 11.5 Å². The number of nitrogens with one attached hydrogen (secondary N) is 1. The van der Waals surface area contributed by atoms with Crippen molar-refractivity contribution in [3.63, 3.8) is 0 Å². The molecule has 1 unspecified atom stereocenters. The molecule has 6 rings (SSSR count). The van der Waals surface area contributed by atoms with Crippen molar-refractivity contribution in [2.75, 3.05) is 6.54 Å². The quantitative estimate of drug-likeness (QED) is 0.479. The zero-order valence-electron chi connectivity index (χ0n) is 21.2. The Morgan fingerprint density at radius 3 is 2.62 bits per heavy atom. The first-order valence-electron chi connectivity index (χ1n) is 13.2. The van der Waals surface area contributed by atoms with E-state index in [0.29, 0.717) is 23.5 Å². The Morgan fingerprint density at radius 2 is 1.90 bits per heavy atom. The van der Waals surface area contributed by atoms with Crippen molar-refractivity contribution >= 4 is 11.5 Å². The van der Waals surface area contributed by atoms with Crippen LogP contribution in [0.3, 0.4) is 0 Å². The molecule has 1 saturated carbocycles. The molecule has 9 heteroatoms. The fourth-order valence-electron chi connectivity index (χ4n) is 5.78. The highest BCUT2D eigenvalue weighted by molar-refractivity contribution is 5.82. The second-order valence-corrected chi connectivity index (χ2v) is 10.7. The molecular formula is C30H28F3N3O3. The summed E-state index contributed by atoms with van der Waals surface area (Å²) in [4.78, 5) is 35.3. The van der Waals surface area contributed by atoms with E-state index in [1.807, 2.05) is 0 Å². The molecule has 1 fully saturated rings. The van der Waals surface area contributed by atoms with Gasteiger partial charge < -0.3 is 15.0 Å². The number of hydrogen-bond acceptors (Lipinski definition) is 4. The van der Waals surface area contributed by atoms with Crippen LogP contribution in [0.4, 0.5) is 13.2 Å². The number of hydrogen-bond donors (Lipinski definition) is 2. The van der Waals surface area contributed by atoms with E-state index in [4.69, 9.17) is 4.98 Å². The summed E-state index contributed by atoms with van der Waals surface area (Å²) < 4.78 is 39.3. The monoisotopic (exact) mass is 535 g/mol. The molecule has 0 bridgehead atoms. The smallest absolute Gasteiger partial charge is 0.378 e. The number of aliphatic hydroxyl groups is 1. The van der Waals surface area contributed by atoms with Gasteiger partial charge in [-0.05, 0) is 66.5 Å². The average molecular weight is 536 g/mol. The molecule has 2 aliphatic carbocycles. The lowest BCUT2D eigenvalue weighted by molar-refractivity contribution is -0.142. The van der Waals surface area contributed by atoms with E-state index in [1.54, 1.807) is 0 Å². The van der Waals surface area contributed by atoms with Gasteiger partial charge in [0.05, 0.1) is 28.8 Å². The van der Waals surface area contributed by atoms with E-state index in [-0.39, 0.29) is 29.6 Å². The van der Waals surface area contributed by atoms with Crippen LogP contribution in [0.15, 0.2) is 59.4 Å². The van der Waals surface area contributed by atoms with Crippen molar-refractivity contribution in [3.05, 3.63) is 104 Å². The Hall–Kier alpha value is -3.72. The number of amides is 1. The third-order valence-electron chi connectivity index (χ3n) is 8.17. The van der Waals surface area contributed by atoms with Gasteiger partial charge in [0.15, 0.2) is 6.10 Å². The zero-order chi connectivity index (χ0) is 27.4. The van der Waals surface area contributed by atoms with E-state index in [9.17, 15) is 27.9 Å². The average Bonchev–Trinajstić information content (AvgIpc) is 3.57. The number of H-pyrrole nitrogens is 1. The number of carbonyl (C=O) groups excluding carboxylic acids is 1. The molecule has 1 aromatic heterocycles. The molecule has 0 saturated heterocycles. The highest BCUT2D eigenvalue weighted by atomic mass is 19.4. The lowest BCUT2D eigenvalue weighted by atomic mass is 9.91. The van der Waals surface area contributed by atoms with Crippen molar-refractivity contribution < 1.29 is 23.1 Å². The first-order valence-corrected chi connectivity index (χ1v) is 13.2. The van der Waals surface area contributed by atoms with Gasteiger partial charge >= 0.3 is 6.18 Å². The van der Waals surface area contributed by atoms with Crippen LogP contribution in [0.5, 0.6) is 0 Å². The summed E-state index contributed by atoms with van der Waals surface area (Å²) in [5, 5.41) is 10.6. The first-order chi connectivity index (χ1) is 18.7. The SMILES string of the molecule is O=C(C(O)c1cccc(C(F)(F)F)c1)N1CCc2nc(C3(c4cccc(C5=CCCC5)c4)CC3)[nH]c(=O)c2C1. The van der Waals surface area contributed by atoms with Crippen LogP contribution < -0.4 is 5.56 Å². The highest BCUT2D eigenvalue weighted by Gasteiger charge is 2.49. The van der Waals surface area contributed by atoms with Gasteiger partial charge in [-0.1, -0.05) is 42.5 Å². The van der Waals surface area contributed by atoms with Crippen LogP contribution in [0.25, 0.3) is 5.57 Å². The minimum atomic E-state index is -4.59. The summed E-state index contributed by atoms with van der Waals surface area (Å²) in [7, 11) is 0. The Morgan fingerprint density at radius 1 is 1.10 bits per heavy atom. The maximum absolute atomic E-state index is 13.2. The topological polar surface area (TPSA) is 86.3 Å². The third kappa shape index (κ3) is 4.69. The second kappa shape index (κ2) is 9.48. The summed E-state index contributed by atoms with van der Waals surface area (Å²) in [5.41, 5.74) is 2.91. The molecule has 6 nitrogen and oxygen atoms in total. The van der Waals surface area contributed by atoms with Crippen LogP contribution in [-0.4, -0.2) is 32.4 Å². The number of allylic oxidation sites excluding steroid dienone is 2. The van der Waals surface area contributed by atoms with Crippen LogP contribution in [-0.2, 0) is 29.4 Å². The number of halogens is 3. The normalized spacial score (nSPS) is 18.9. The lowest BCUT2D eigenvalue weighted by Crippen LogP contribution is -2.42. The number of alkyl halides is 3. The molecule has 2 N–H and O–H groups in total. The van der Waals surface area contributed by atoms with Gasteiger partial charge in [-0.2, -0.15) is 13.2 Å². The van der Waals surface area contributed by atoms with Crippen LogP contribution in [0.1, 0.15) is 77.5 Å². The van der Waals surface area contributed by atoms with Gasteiger partial charge in [0.1, 0.15) is 5.82 Å². The van der Waals surface area contributed by atoms with Crippen LogP contribution >= 0.6 is 0 Å². The molecule has 202 valence electrons. The molecule has 0 spiro atoms. The van der Waals surface area contributed by atoms with Crippen LogP contribution in [0, 0.1) is 0 Å². The van der Waals surface area contributed by atoms with Gasteiger partial charge in [-0.3, -0.25) is 9.59 Å². The molecule has 3 aromatic rings. The summed E-state index contributed by atoms with van der Waals surface area (Å²) in [6.07, 6.45) is 1.34. The fraction of sp³-hybridized carbons (Fsp3) is 0.367. The number of fused-ring (bicyclic) bond motifs is 1. The maximum Gasteiger partial charge on any atom is 0.416 e. The second-order valence-electron chi connectivity index (χ2n) is 10.7. The minimum Gasteiger partial charge on any atom is -0.378 e. The van der Waals surface area contributed by atoms with Gasteiger partial charge in [-0.15, -0.1) is 0 Å². The van der Waals surface area contributed by atoms with Crippen molar-refractivity contribution in [3.8, 4) is 0 Å². The van der Waals surface area contributed by atoms with Gasteiger partial charge in [0.2, 0.25) is 0 Å². The number of aromatic amines is 1. The lowest BCUT2D eigenvalue weighted by Gasteiger charge is -2.30. The number of aromatic nitrogens is 2. The van der Waals surface area contributed by atoms with Gasteiger partial charge in [-0.25, -0.2) is 4.98 Å². The summed E-state index contributed by atoms with van der Waals surface area (Å²) in [6, 6.07) is 12.6. The van der Waals surface area contributed by atoms with E-state index >= 15 is 0 Å². The Kier molecular flexibility index (Phi) is 6.21. The highest BCUT2D eigenvalue weighted by Crippen LogP contribution is 2.52. The minimum absolute atomic E-state index is 0.0660. The zero-order valence-corrected chi connectivity index (χ0v) is 21.2. The summed E-state index contributed by atoms with van der Waals surface area (Å²) in [6.45, 7) is 0.137. The van der Waals surface area contributed by atoms with Crippen molar-refractivity contribution in [1.82, 2.24) is 14.9 Å². The molecule has 39 heavy (non-hydrogen) atoms. The standard InChI is InChI=1S/C30H28F3N3O3/c31-30(32,33)22-10-4-8-20(16-22)25(37)27(39)36-14-11-24-23(17-36)26(38)35-28(34-24)29(12-13-29)21-9-3-7-19(15-21)18-5-1-2-6-18/h3-5,7-10,15-16,25,37H,1-2,6,11-14,17H2,(H,34,35,38). The van der Waals surface area contributed by atoms with E-state index in [2.05, 4.69) is 35.3 Å². The maximum atomic E-state index is 13.2. The number of nitrogens with zero attached hydrogens (tertiary/aromatic N) is 2. The molecule has 2 heterocycles. The largest absolute Gasteiger partial charge is 0.416 e. The van der Waals surface area contributed by atoms with Gasteiger partial charge in [0, 0.05) is 13.0 Å². The molecule has 1 amide bonds. The van der Waals surface area contributed by atoms with Crippen molar-refractivity contribution in [1.29, 1.82) is 0 Å². The molecular weight excluding hydrogens is 507 g/mol. The Labute approximate surface area is 223 Å². The fourth-order valence-corrected chi connectivity index (χ4v) is 5.78. The summed E-state index contributed by atoms with van der Waals surface area (Å²) >= 11 is 0. The summed E-state index contributed by atoms with van der Waals surface area (Å²) in [5.74, 6) is -0.118. The van der Waals surface area contributed by atoms with E-state index in [0.717, 1.165) is 49.4 Å². The predicted molar refractivity (Wildman–Crippen MR) is 139 cm³/mol. The molecule has 2 aromatic carbocycles. The molecule has 1 atom stereocenters.